The maximum atomic E-state index is 10.7. The van der Waals surface area contributed by atoms with Crippen molar-refractivity contribution in [2.24, 2.45) is 0 Å². The fraction of sp³-hybridized carbons (Fsp3) is 0.750. The van der Waals surface area contributed by atoms with Crippen molar-refractivity contribution < 1.29 is 67.1 Å². The van der Waals surface area contributed by atoms with E-state index < -0.39 is 44.5 Å². The summed E-state index contributed by atoms with van der Waals surface area (Å²) in [5.74, 6) is -0.637. The first-order chi connectivity index (χ1) is 21.0. The summed E-state index contributed by atoms with van der Waals surface area (Å²) in [5.41, 5.74) is 0. The number of rotatable bonds is 13. The van der Waals surface area contributed by atoms with Gasteiger partial charge < -0.3 is 14.5 Å². The summed E-state index contributed by atoms with van der Waals surface area (Å²) < 4.78 is 64.0. The average molecular weight is 750 g/mol. The number of carbonyl (C=O) groups is 6. The highest BCUT2D eigenvalue weighted by Gasteiger charge is 2.07. The summed E-state index contributed by atoms with van der Waals surface area (Å²) in [6, 6.07) is 0. The summed E-state index contributed by atoms with van der Waals surface area (Å²) in [7, 11) is 10.1. The molecule has 0 spiro atoms. The highest BCUT2D eigenvalue weighted by molar-refractivity contribution is 7.81. The van der Waals surface area contributed by atoms with Crippen LogP contribution in [0.25, 0.3) is 0 Å². The fourth-order valence-electron chi connectivity index (χ4n) is 1.33. The standard InChI is InChI=1S/C7H14N2O2.2C4H8O3S.C4H8O2.C3H7NO3S.C2H6O2S/c1-6(10)8(3)5-9(4)7(2)11;2*1-4(5)3-8(6)7-2;1-4(5)3-6-2;1-3(5)4-8(6)7-2;1-4-5(2)3/h5H2,1-4H3;2*3H2,1-2H3;3H2,1-2H3;1-2H3,(H,4,5);1-2H3. The largest absolute Gasteiger partial charge is 0.377 e. The van der Waals surface area contributed by atoms with Gasteiger partial charge in [-0.05, 0) is 20.8 Å². The molecule has 0 rings (SSSR count). The molecular weight excluding hydrogens is 699 g/mol. The first kappa shape index (κ1) is 56.2. The van der Waals surface area contributed by atoms with Gasteiger partial charge in [-0.15, -0.1) is 0 Å². The van der Waals surface area contributed by atoms with E-state index in [1.165, 1.54) is 93.1 Å². The number of hydrogen-bond acceptors (Lipinski definition) is 15. The number of methoxy groups -OCH3 is 1. The molecule has 276 valence electrons. The topological polar surface area (TPSA) is 235 Å². The summed E-state index contributed by atoms with van der Waals surface area (Å²) in [6.45, 7) is 9.01. The molecule has 0 aliphatic carbocycles. The van der Waals surface area contributed by atoms with Gasteiger partial charge in [0.05, 0.1) is 35.1 Å². The Hall–Kier alpha value is -2.18. The molecule has 3 amide bonds. The molecule has 0 heterocycles. The van der Waals surface area contributed by atoms with Crippen LogP contribution in [0.4, 0.5) is 0 Å². The molecule has 4 unspecified atom stereocenters. The van der Waals surface area contributed by atoms with Gasteiger partial charge in [-0.2, -0.15) is 0 Å². The normalized spacial score (nSPS) is 11.7. The number of amides is 3. The van der Waals surface area contributed by atoms with Crippen LogP contribution in [0.3, 0.4) is 0 Å². The molecule has 1 N–H and O–H groups in total. The van der Waals surface area contributed by atoms with Crippen molar-refractivity contribution >= 4 is 79.6 Å². The van der Waals surface area contributed by atoms with Crippen molar-refractivity contribution in [3.63, 3.8) is 0 Å². The lowest BCUT2D eigenvalue weighted by atomic mass is 10.5. The molecule has 0 aromatic heterocycles. The number of carbonyl (C=O) groups excluding carboxylic acids is 6. The smallest absolute Gasteiger partial charge is 0.263 e. The van der Waals surface area contributed by atoms with Crippen LogP contribution < -0.4 is 4.72 Å². The van der Waals surface area contributed by atoms with Gasteiger partial charge in [-0.3, -0.25) is 50.2 Å². The third kappa shape index (κ3) is 64.7. The van der Waals surface area contributed by atoms with Gasteiger partial charge in [0.15, 0.2) is 39.0 Å². The van der Waals surface area contributed by atoms with E-state index in [1.54, 1.807) is 14.1 Å². The zero-order valence-electron chi connectivity index (χ0n) is 29.0. The zero-order valence-corrected chi connectivity index (χ0v) is 32.2. The number of nitrogens with zero attached hydrogens (tertiary/aromatic N) is 2. The molecule has 0 saturated carbocycles. The van der Waals surface area contributed by atoms with Crippen LogP contribution in [0.5, 0.6) is 0 Å². The Morgan fingerprint density at radius 1 is 0.587 bits per heavy atom. The Kier molecular flexibility index (Phi) is 47.6. The van der Waals surface area contributed by atoms with E-state index in [1.807, 2.05) is 4.72 Å². The molecule has 4 atom stereocenters. The average Bonchev–Trinajstić information content (AvgIpc) is 2.93. The quantitative estimate of drug-likeness (QED) is 0.226. The molecule has 22 heteroatoms. The molecule has 0 aromatic carbocycles. The van der Waals surface area contributed by atoms with E-state index in [0.717, 1.165) is 0 Å². The van der Waals surface area contributed by atoms with E-state index in [4.69, 9.17) is 0 Å². The first-order valence-corrected chi connectivity index (χ1v) is 17.4. The van der Waals surface area contributed by atoms with Crippen LogP contribution in [0.15, 0.2) is 0 Å². The molecule has 46 heavy (non-hydrogen) atoms. The highest BCUT2D eigenvalue weighted by atomic mass is 32.2. The monoisotopic (exact) mass is 749 g/mol. The summed E-state index contributed by atoms with van der Waals surface area (Å²) in [6.07, 6.45) is 1.47. The molecule has 0 aliphatic heterocycles. The second-order valence-corrected chi connectivity index (χ2v) is 12.6. The molecule has 0 radical (unpaired) electrons. The molecule has 0 aromatic rings. The number of ketones is 3. The minimum atomic E-state index is -1.66. The SMILES string of the molecule is CC(=O)N(C)CN(C)C(C)=O.COCC(C)=O.COS(=O)CC(C)=O.COS(=O)CC(C)=O.COS(=O)NC(C)=O.COS(C)=O. The van der Waals surface area contributed by atoms with Crippen molar-refractivity contribution in [2.75, 3.05) is 80.7 Å². The molecule has 0 bridgehead atoms. The molecule has 0 saturated heterocycles. The van der Waals surface area contributed by atoms with Gasteiger partial charge in [0, 0.05) is 48.2 Å². The maximum absolute atomic E-state index is 10.7. The number of hydrogen-bond donors (Lipinski definition) is 1. The summed E-state index contributed by atoms with van der Waals surface area (Å²) in [5, 5.41) is 0. The third-order valence-electron chi connectivity index (χ3n) is 3.47. The van der Waals surface area contributed by atoms with Gasteiger partial charge in [0.2, 0.25) is 17.7 Å². The van der Waals surface area contributed by atoms with E-state index >= 15 is 0 Å². The predicted molar refractivity (Wildman–Crippen MR) is 176 cm³/mol. The van der Waals surface area contributed by atoms with E-state index in [2.05, 4.69) is 21.5 Å². The van der Waals surface area contributed by atoms with Gasteiger partial charge in [0.1, 0.15) is 29.7 Å². The number of ether oxygens (including phenoxy) is 1. The van der Waals surface area contributed by atoms with Crippen LogP contribution >= 0.6 is 0 Å². The minimum Gasteiger partial charge on any atom is -0.377 e. The Morgan fingerprint density at radius 2 is 0.913 bits per heavy atom. The zero-order chi connectivity index (χ0) is 38.0. The Morgan fingerprint density at radius 3 is 1.00 bits per heavy atom. The second-order valence-electron chi connectivity index (χ2n) is 7.97. The molecule has 0 fully saturated rings. The molecule has 0 aliphatic rings. The van der Waals surface area contributed by atoms with E-state index in [-0.39, 0.29) is 53.2 Å². The van der Waals surface area contributed by atoms with Crippen molar-refractivity contribution in [1.82, 2.24) is 14.5 Å². The number of Topliss-reactive ketones (excluding diaryl/α,β-unsaturated/α-hetero) is 3. The first-order valence-electron chi connectivity index (χ1n) is 12.4. The Balaban J connectivity index is -0.000000106. The summed E-state index contributed by atoms with van der Waals surface area (Å²) in [4.78, 5) is 64.6. The lowest BCUT2D eigenvalue weighted by molar-refractivity contribution is -0.134. The highest BCUT2D eigenvalue weighted by Crippen LogP contribution is 1.88. The minimum absolute atomic E-state index is 0.00347. The molecule has 18 nitrogen and oxygen atoms in total. The van der Waals surface area contributed by atoms with Crippen LogP contribution in [0, 0.1) is 0 Å². The fourth-order valence-corrected chi connectivity index (χ4v) is 2.55. The van der Waals surface area contributed by atoms with E-state index in [0.29, 0.717) is 6.67 Å². The van der Waals surface area contributed by atoms with Crippen LogP contribution in [0.1, 0.15) is 41.5 Å². The number of nitrogens with one attached hydrogen (secondary N) is 1. The Labute approximate surface area is 282 Å². The van der Waals surface area contributed by atoms with Crippen LogP contribution in [-0.4, -0.2) is 142 Å². The summed E-state index contributed by atoms with van der Waals surface area (Å²) >= 11 is -5.54. The van der Waals surface area contributed by atoms with Gasteiger partial charge >= 0.3 is 0 Å². The van der Waals surface area contributed by atoms with Gasteiger partial charge in [-0.1, -0.05) is 0 Å². The van der Waals surface area contributed by atoms with Crippen molar-refractivity contribution in [2.45, 2.75) is 41.5 Å². The lowest BCUT2D eigenvalue weighted by Crippen LogP contribution is -2.38. The van der Waals surface area contributed by atoms with Gasteiger partial charge in [-0.25, -0.2) is 16.8 Å². The predicted octanol–water partition coefficient (Wildman–Crippen LogP) is -0.833. The molecular formula is C24H51N3O15S4. The van der Waals surface area contributed by atoms with Crippen molar-refractivity contribution in [3.05, 3.63) is 0 Å². The lowest BCUT2D eigenvalue weighted by Gasteiger charge is -2.22. The third-order valence-corrected chi connectivity index (χ3v) is 6.73. The van der Waals surface area contributed by atoms with E-state index in [9.17, 15) is 45.6 Å². The van der Waals surface area contributed by atoms with Crippen LogP contribution in [0.2, 0.25) is 0 Å². The van der Waals surface area contributed by atoms with Crippen LogP contribution in [-0.2, 0) is 94.7 Å². The van der Waals surface area contributed by atoms with Gasteiger partial charge in [0.25, 0.3) is 11.3 Å². The Bertz CT molecular complexity index is 898. The van der Waals surface area contributed by atoms with Crippen molar-refractivity contribution in [3.8, 4) is 0 Å². The van der Waals surface area contributed by atoms with Crippen molar-refractivity contribution in [1.29, 1.82) is 0 Å². The maximum Gasteiger partial charge on any atom is 0.263 e. The second kappa shape index (κ2) is 39.0.